The fraction of sp³-hybridized carbons (Fsp3) is 0.700. The van der Waals surface area contributed by atoms with Crippen LogP contribution in [0.15, 0.2) is 10.9 Å². The van der Waals surface area contributed by atoms with E-state index in [9.17, 15) is 9.59 Å². The van der Waals surface area contributed by atoms with Crippen molar-refractivity contribution in [2.24, 2.45) is 11.8 Å². The highest BCUT2D eigenvalue weighted by Gasteiger charge is 2.28. The molecule has 0 radical (unpaired) electrons. The maximum atomic E-state index is 12.2. The topological polar surface area (TPSA) is 120 Å². The van der Waals surface area contributed by atoms with E-state index in [1.807, 2.05) is 6.26 Å². The lowest BCUT2D eigenvalue weighted by Gasteiger charge is -2.33. The minimum atomic E-state index is -0.326. The number of hydrogen-bond donors (Lipinski definition) is 3. The van der Waals surface area contributed by atoms with Crippen LogP contribution >= 0.6 is 0 Å². The summed E-state index contributed by atoms with van der Waals surface area (Å²) in [7, 11) is 0. The summed E-state index contributed by atoms with van der Waals surface area (Å²) in [4.78, 5) is 30.2. The van der Waals surface area contributed by atoms with Crippen LogP contribution in [-0.2, 0) is 4.74 Å². The zero-order chi connectivity index (χ0) is 19.9. The predicted octanol–water partition coefficient (Wildman–Crippen LogP) is 3.21. The molecule has 0 saturated heterocycles. The third-order valence-electron chi connectivity index (χ3n) is 5.96. The van der Waals surface area contributed by atoms with E-state index in [1.54, 1.807) is 6.92 Å². The standard InChI is InChI=1S/C20H29N5O3/c1-13-10-18(26)24-19(22-13)25-20(27)23-16-6-2-14(3-7-16)11-15-4-8-17(9-5-15)28-12-21/h10,14-17H,2-9,11H2,1H3,(H3,22,23,24,25,26,27). The van der Waals surface area contributed by atoms with Gasteiger partial charge in [-0.15, -0.1) is 0 Å². The van der Waals surface area contributed by atoms with Crippen molar-refractivity contribution in [3.05, 3.63) is 22.1 Å². The van der Waals surface area contributed by atoms with Gasteiger partial charge in [-0.1, -0.05) is 0 Å². The van der Waals surface area contributed by atoms with Crippen molar-refractivity contribution in [3.8, 4) is 6.26 Å². The molecule has 0 aliphatic heterocycles. The first-order valence-electron chi connectivity index (χ1n) is 10.2. The quantitative estimate of drug-likeness (QED) is 0.670. The Hall–Kier alpha value is -2.56. The summed E-state index contributed by atoms with van der Waals surface area (Å²) in [6, 6.07) is 1.22. The van der Waals surface area contributed by atoms with Crippen LogP contribution in [0.2, 0.25) is 0 Å². The number of H-pyrrole nitrogens is 1. The summed E-state index contributed by atoms with van der Waals surface area (Å²) in [5, 5.41) is 14.2. The Morgan fingerprint density at radius 2 is 1.86 bits per heavy atom. The Balaban J connectivity index is 1.36. The molecule has 0 atom stereocenters. The van der Waals surface area contributed by atoms with Gasteiger partial charge in [-0.05, 0) is 76.5 Å². The first kappa shape index (κ1) is 20.2. The molecular weight excluding hydrogens is 358 g/mol. The third kappa shape index (κ3) is 5.98. The van der Waals surface area contributed by atoms with Crippen LogP contribution < -0.4 is 16.2 Å². The number of nitrogens with zero attached hydrogens (tertiary/aromatic N) is 2. The van der Waals surface area contributed by atoms with Gasteiger partial charge >= 0.3 is 6.03 Å². The summed E-state index contributed by atoms with van der Waals surface area (Å²) >= 11 is 0. The monoisotopic (exact) mass is 387 g/mol. The number of urea groups is 1. The Morgan fingerprint density at radius 3 is 2.46 bits per heavy atom. The number of carbonyl (C=O) groups excluding carboxylic acids is 1. The van der Waals surface area contributed by atoms with E-state index in [0.717, 1.165) is 57.3 Å². The molecule has 2 aliphatic carbocycles. The summed E-state index contributed by atoms with van der Waals surface area (Å²) in [6.45, 7) is 1.71. The molecule has 0 aromatic carbocycles. The van der Waals surface area contributed by atoms with Crippen LogP contribution in [0.5, 0.6) is 0 Å². The van der Waals surface area contributed by atoms with Gasteiger partial charge in [0.05, 0.1) is 0 Å². The molecule has 2 saturated carbocycles. The zero-order valence-electron chi connectivity index (χ0n) is 16.4. The number of amides is 2. The number of hydrogen-bond acceptors (Lipinski definition) is 5. The molecule has 2 amide bonds. The number of aromatic amines is 1. The van der Waals surface area contributed by atoms with E-state index in [2.05, 4.69) is 20.6 Å². The summed E-state index contributed by atoms with van der Waals surface area (Å²) in [5.74, 6) is 1.63. The van der Waals surface area contributed by atoms with Crippen molar-refractivity contribution in [2.75, 3.05) is 5.32 Å². The van der Waals surface area contributed by atoms with Gasteiger partial charge in [0, 0.05) is 17.8 Å². The Kier molecular flexibility index (Phi) is 6.90. The average Bonchev–Trinajstić information content (AvgIpc) is 2.64. The molecule has 0 spiro atoms. The molecular formula is C20H29N5O3. The van der Waals surface area contributed by atoms with Gasteiger partial charge in [0.25, 0.3) is 11.8 Å². The molecule has 152 valence electrons. The molecule has 3 N–H and O–H groups in total. The Bertz CT molecular complexity index is 756. The van der Waals surface area contributed by atoms with Gasteiger partial charge in [0.15, 0.2) is 0 Å². The Morgan fingerprint density at radius 1 is 1.21 bits per heavy atom. The number of nitrogens with one attached hydrogen (secondary N) is 3. The van der Waals surface area contributed by atoms with Gasteiger partial charge in [-0.2, -0.15) is 5.26 Å². The van der Waals surface area contributed by atoms with E-state index in [1.165, 1.54) is 12.5 Å². The lowest BCUT2D eigenvalue weighted by atomic mass is 9.76. The first-order chi connectivity index (χ1) is 13.5. The van der Waals surface area contributed by atoms with Crippen LogP contribution in [0.1, 0.15) is 63.5 Å². The zero-order valence-corrected chi connectivity index (χ0v) is 16.4. The Labute approximate surface area is 165 Å². The van der Waals surface area contributed by atoms with E-state index in [0.29, 0.717) is 11.6 Å². The summed E-state index contributed by atoms with van der Waals surface area (Å²) < 4.78 is 5.06. The van der Waals surface area contributed by atoms with Crippen LogP contribution in [0.3, 0.4) is 0 Å². The fourth-order valence-corrected chi connectivity index (χ4v) is 4.54. The minimum Gasteiger partial charge on any atom is -0.424 e. The second-order valence-corrected chi connectivity index (χ2v) is 8.14. The molecule has 1 aromatic rings. The van der Waals surface area contributed by atoms with Crippen molar-refractivity contribution in [1.82, 2.24) is 15.3 Å². The molecule has 1 aromatic heterocycles. The SMILES string of the molecule is Cc1cc(=O)[nH]c(NC(=O)NC2CCC(CC3CCC(OC#N)CC3)CC2)n1. The van der Waals surface area contributed by atoms with Crippen LogP contribution in [0.25, 0.3) is 0 Å². The normalized spacial score (nSPS) is 27.4. The highest BCUT2D eigenvalue weighted by atomic mass is 16.5. The molecule has 3 rings (SSSR count). The van der Waals surface area contributed by atoms with Crippen LogP contribution in [0, 0.1) is 30.3 Å². The number of ether oxygens (including phenoxy) is 1. The smallest absolute Gasteiger partial charge is 0.321 e. The van der Waals surface area contributed by atoms with Crippen molar-refractivity contribution in [1.29, 1.82) is 5.26 Å². The van der Waals surface area contributed by atoms with Gasteiger partial charge in [0.2, 0.25) is 5.95 Å². The lowest BCUT2D eigenvalue weighted by Crippen LogP contribution is -2.40. The molecule has 0 bridgehead atoms. The maximum Gasteiger partial charge on any atom is 0.321 e. The maximum absolute atomic E-state index is 12.2. The number of nitriles is 1. The highest BCUT2D eigenvalue weighted by molar-refractivity contribution is 5.87. The predicted molar refractivity (Wildman–Crippen MR) is 105 cm³/mol. The van der Waals surface area contributed by atoms with Gasteiger partial charge in [-0.25, -0.2) is 9.78 Å². The van der Waals surface area contributed by atoms with Gasteiger partial charge in [-0.3, -0.25) is 15.1 Å². The van der Waals surface area contributed by atoms with Crippen LogP contribution in [-0.4, -0.2) is 28.1 Å². The number of aromatic nitrogens is 2. The molecule has 2 aliphatic rings. The van der Waals surface area contributed by atoms with Crippen molar-refractivity contribution in [3.63, 3.8) is 0 Å². The van der Waals surface area contributed by atoms with Gasteiger partial charge < -0.3 is 10.1 Å². The molecule has 0 unspecified atom stereocenters. The minimum absolute atomic E-state index is 0.123. The number of rotatable bonds is 5. The first-order valence-corrected chi connectivity index (χ1v) is 10.2. The van der Waals surface area contributed by atoms with E-state index < -0.39 is 0 Å². The molecule has 8 heteroatoms. The number of aryl methyl sites for hydroxylation is 1. The lowest BCUT2D eigenvalue weighted by molar-refractivity contribution is 0.0912. The average molecular weight is 387 g/mol. The second-order valence-electron chi connectivity index (χ2n) is 8.14. The molecule has 1 heterocycles. The second kappa shape index (κ2) is 9.58. The molecule has 28 heavy (non-hydrogen) atoms. The van der Waals surface area contributed by atoms with E-state index in [4.69, 9.17) is 10.00 Å². The van der Waals surface area contributed by atoms with Crippen molar-refractivity contribution < 1.29 is 9.53 Å². The number of carbonyl (C=O) groups is 1. The molecule has 8 nitrogen and oxygen atoms in total. The fourth-order valence-electron chi connectivity index (χ4n) is 4.54. The summed E-state index contributed by atoms with van der Waals surface area (Å²) in [6.07, 6.45) is 11.7. The van der Waals surface area contributed by atoms with Crippen LogP contribution in [0.4, 0.5) is 10.7 Å². The van der Waals surface area contributed by atoms with Crippen molar-refractivity contribution in [2.45, 2.75) is 76.9 Å². The van der Waals surface area contributed by atoms with E-state index in [-0.39, 0.29) is 29.7 Å². The largest absolute Gasteiger partial charge is 0.424 e. The van der Waals surface area contributed by atoms with Crippen molar-refractivity contribution >= 4 is 12.0 Å². The summed E-state index contributed by atoms with van der Waals surface area (Å²) in [5.41, 5.74) is 0.282. The molecule has 2 fully saturated rings. The highest BCUT2D eigenvalue weighted by Crippen LogP contribution is 2.36. The van der Waals surface area contributed by atoms with Gasteiger partial charge in [0.1, 0.15) is 6.10 Å². The van der Waals surface area contributed by atoms with E-state index >= 15 is 0 Å². The number of anilines is 1. The third-order valence-corrected chi connectivity index (χ3v) is 5.96.